The average molecular weight is 183 g/mol. The lowest BCUT2D eigenvalue weighted by atomic mass is 9.79. The zero-order valence-corrected chi connectivity index (χ0v) is 8.64. The van der Waals surface area contributed by atoms with E-state index in [1.807, 2.05) is 27.7 Å². The molecule has 74 valence electrons. The highest BCUT2D eigenvalue weighted by Gasteiger charge is 2.43. The van der Waals surface area contributed by atoms with Crippen molar-refractivity contribution in [3.8, 4) is 0 Å². The zero-order chi connectivity index (χ0) is 10.2. The summed E-state index contributed by atoms with van der Waals surface area (Å²) in [4.78, 5) is 10.9. The van der Waals surface area contributed by atoms with E-state index in [2.05, 4.69) is 5.32 Å². The summed E-state index contributed by atoms with van der Waals surface area (Å²) >= 11 is 0. The van der Waals surface area contributed by atoms with Crippen molar-refractivity contribution in [1.29, 1.82) is 0 Å². The van der Waals surface area contributed by atoms with Gasteiger partial charge in [-0.15, -0.1) is 0 Å². The predicted molar refractivity (Wildman–Crippen MR) is 51.6 cm³/mol. The van der Waals surface area contributed by atoms with Crippen LogP contribution in [0.4, 0.5) is 0 Å². The summed E-state index contributed by atoms with van der Waals surface area (Å²) in [7, 11) is 0. The highest BCUT2D eigenvalue weighted by atomic mass is 16.4. The van der Waals surface area contributed by atoms with Crippen LogP contribution < -0.4 is 5.32 Å². The number of hydrogen-bond donors (Lipinski definition) is 2. The minimum atomic E-state index is -0.763. The zero-order valence-electron chi connectivity index (χ0n) is 8.64. The van der Waals surface area contributed by atoms with Gasteiger partial charge in [-0.1, -0.05) is 19.4 Å². The molecular formula is C10H17NO2. The predicted octanol–water partition coefficient (Wildman–Crippen LogP) is 1.41. The fraction of sp³-hybridized carbons (Fsp3) is 0.700. The second-order valence-corrected chi connectivity index (χ2v) is 4.35. The summed E-state index contributed by atoms with van der Waals surface area (Å²) in [5.41, 5.74) is 2.19. The summed E-state index contributed by atoms with van der Waals surface area (Å²) < 4.78 is 0. The van der Waals surface area contributed by atoms with Gasteiger partial charge in [-0.3, -0.25) is 10.1 Å². The van der Waals surface area contributed by atoms with Crippen LogP contribution >= 0.6 is 0 Å². The third-order valence-electron chi connectivity index (χ3n) is 2.83. The molecule has 0 aromatic carbocycles. The maximum absolute atomic E-state index is 10.9. The topological polar surface area (TPSA) is 49.3 Å². The highest BCUT2D eigenvalue weighted by molar-refractivity contribution is 5.76. The van der Waals surface area contributed by atoms with Gasteiger partial charge in [-0.25, -0.2) is 0 Å². The Hall–Kier alpha value is -0.830. The quantitative estimate of drug-likeness (QED) is 0.604. The number of nitrogens with one attached hydrogen (secondary N) is 1. The van der Waals surface area contributed by atoms with Crippen molar-refractivity contribution >= 4 is 5.97 Å². The van der Waals surface area contributed by atoms with Gasteiger partial charge in [0.2, 0.25) is 0 Å². The van der Waals surface area contributed by atoms with Crippen molar-refractivity contribution in [1.82, 2.24) is 5.32 Å². The molecule has 0 aromatic heterocycles. The smallest absolute Gasteiger partial charge is 0.321 e. The van der Waals surface area contributed by atoms with E-state index < -0.39 is 12.0 Å². The molecule has 1 saturated heterocycles. The maximum Gasteiger partial charge on any atom is 0.321 e. The van der Waals surface area contributed by atoms with E-state index in [0.29, 0.717) is 6.54 Å². The molecular weight excluding hydrogens is 166 g/mol. The maximum atomic E-state index is 10.9. The van der Waals surface area contributed by atoms with Crippen LogP contribution in [-0.2, 0) is 4.79 Å². The highest BCUT2D eigenvalue weighted by Crippen LogP contribution is 2.36. The monoisotopic (exact) mass is 183 g/mol. The van der Waals surface area contributed by atoms with Crippen molar-refractivity contribution in [3.63, 3.8) is 0 Å². The van der Waals surface area contributed by atoms with E-state index in [1.165, 1.54) is 11.1 Å². The van der Waals surface area contributed by atoms with Crippen molar-refractivity contribution in [2.75, 3.05) is 6.54 Å². The van der Waals surface area contributed by atoms with Crippen molar-refractivity contribution in [2.45, 2.75) is 33.7 Å². The number of carboxylic acids is 1. The van der Waals surface area contributed by atoms with E-state index in [1.54, 1.807) is 0 Å². The van der Waals surface area contributed by atoms with Crippen LogP contribution in [0.1, 0.15) is 27.7 Å². The Morgan fingerprint density at radius 2 is 2.08 bits per heavy atom. The molecule has 0 unspecified atom stereocenters. The minimum absolute atomic E-state index is 0.259. The molecule has 1 atom stereocenters. The van der Waals surface area contributed by atoms with Gasteiger partial charge < -0.3 is 5.11 Å². The number of rotatable bonds is 1. The molecule has 3 nitrogen and oxygen atoms in total. The van der Waals surface area contributed by atoms with Gasteiger partial charge in [0.1, 0.15) is 6.04 Å². The largest absolute Gasteiger partial charge is 0.480 e. The number of allylic oxidation sites excluding steroid dienone is 1. The average Bonchev–Trinajstić information content (AvgIpc) is 2.24. The van der Waals surface area contributed by atoms with Gasteiger partial charge in [0.05, 0.1) is 0 Å². The summed E-state index contributed by atoms with van der Waals surface area (Å²) in [5.74, 6) is -0.763. The second kappa shape index (κ2) is 3.14. The van der Waals surface area contributed by atoms with Crippen LogP contribution in [-0.4, -0.2) is 23.7 Å². The number of hydrogen-bond acceptors (Lipinski definition) is 2. The van der Waals surface area contributed by atoms with E-state index in [9.17, 15) is 4.79 Å². The van der Waals surface area contributed by atoms with Gasteiger partial charge in [0.25, 0.3) is 0 Å². The first-order valence-corrected chi connectivity index (χ1v) is 4.50. The molecule has 0 aliphatic carbocycles. The molecule has 13 heavy (non-hydrogen) atoms. The summed E-state index contributed by atoms with van der Waals surface area (Å²) in [5, 5.41) is 12.0. The van der Waals surface area contributed by atoms with Crippen molar-refractivity contribution in [3.05, 3.63) is 11.1 Å². The molecule has 0 spiro atoms. The van der Waals surface area contributed by atoms with Crippen LogP contribution in [0.15, 0.2) is 11.1 Å². The van der Waals surface area contributed by atoms with Gasteiger partial charge in [-0.2, -0.15) is 0 Å². The summed E-state index contributed by atoms with van der Waals surface area (Å²) in [6.45, 7) is 8.72. The van der Waals surface area contributed by atoms with E-state index >= 15 is 0 Å². The summed E-state index contributed by atoms with van der Waals surface area (Å²) in [6, 6.07) is -0.447. The van der Waals surface area contributed by atoms with Gasteiger partial charge >= 0.3 is 5.97 Å². The molecule has 1 aliphatic rings. The molecule has 0 aromatic rings. The fourth-order valence-corrected chi connectivity index (χ4v) is 2.08. The molecule has 1 heterocycles. The number of carbonyl (C=O) groups is 1. The molecule has 3 heteroatoms. The van der Waals surface area contributed by atoms with Crippen molar-refractivity contribution in [2.24, 2.45) is 5.41 Å². The van der Waals surface area contributed by atoms with Gasteiger partial charge in [0.15, 0.2) is 0 Å². The first-order valence-electron chi connectivity index (χ1n) is 4.50. The summed E-state index contributed by atoms with van der Waals surface area (Å²) in [6.07, 6.45) is 0. The Morgan fingerprint density at radius 1 is 1.54 bits per heavy atom. The lowest BCUT2D eigenvalue weighted by Gasteiger charge is -2.25. The van der Waals surface area contributed by atoms with Gasteiger partial charge in [0, 0.05) is 12.0 Å². The normalized spacial score (nSPS) is 26.2. The SMILES string of the molecule is CC(C)=C1CN[C@H](C(=O)O)C1(C)C. The standard InChI is InChI=1S/C10H17NO2/c1-6(2)7-5-11-8(9(12)13)10(7,3)4/h8,11H,5H2,1-4H3,(H,12,13)/t8-/m1/s1. The second-order valence-electron chi connectivity index (χ2n) is 4.35. The molecule has 0 radical (unpaired) electrons. The third kappa shape index (κ3) is 1.61. The minimum Gasteiger partial charge on any atom is -0.480 e. The van der Waals surface area contributed by atoms with Crippen LogP contribution in [0.25, 0.3) is 0 Å². The van der Waals surface area contributed by atoms with E-state index in [0.717, 1.165) is 0 Å². The van der Waals surface area contributed by atoms with Crippen LogP contribution in [0.3, 0.4) is 0 Å². The van der Waals surface area contributed by atoms with Crippen LogP contribution in [0.5, 0.6) is 0 Å². The Bertz CT molecular complexity index is 262. The lowest BCUT2D eigenvalue weighted by Crippen LogP contribution is -2.40. The van der Waals surface area contributed by atoms with Crippen molar-refractivity contribution < 1.29 is 9.90 Å². The fourth-order valence-electron chi connectivity index (χ4n) is 2.08. The first kappa shape index (κ1) is 10.3. The van der Waals surface area contributed by atoms with E-state index in [-0.39, 0.29) is 5.41 Å². The van der Waals surface area contributed by atoms with Gasteiger partial charge in [-0.05, 0) is 19.4 Å². The number of aliphatic carboxylic acids is 1. The molecule has 1 rings (SSSR count). The Morgan fingerprint density at radius 3 is 2.31 bits per heavy atom. The molecule has 1 fully saturated rings. The van der Waals surface area contributed by atoms with E-state index in [4.69, 9.17) is 5.11 Å². The number of carboxylic acid groups (broad SMARTS) is 1. The Labute approximate surface area is 78.8 Å². The Balaban J connectivity index is 3.03. The lowest BCUT2D eigenvalue weighted by molar-refractivity contribution is -0.141. The molecule has 1 aliphatic heterocycles. The first-order chi connectivity index (χ1) is 5.87. The molecule has 0 bridgehead atoms. The molecule has 0 amide bonds. The van der Waals surface area contributed by atoms with Crippen LogP contribution in [0, 0.1) is 5.41 Å². The molecule has 2 N–H and O–H groups in total. The Kier molecular flexibility index (Phi) is 2.48. The molecule has 0 saturated carbocycles. The third-order valence-corrected chi connectivity index (χ3v) is 2.83. The van der Waals surface area contributed by atoms with Crippen LogP contribution in [0.2, 0.25) is 0 Å².